The number of nitrogens with one attached hydrogen (secondary N) is 1. The zero-order chi connectivity index (χ0) is 33.7. The third-order valence-electron chi connectivity index (χ3n) is 8.87. The van der Waals surface area contributed by atoms with Crippen LogP contribution in [-0.2, 0) is 49.0 Å². The van der Waals surface area contributed by atoms with Gasteiger partial charge in [-0.2, -0.15) is 0 Å². The molecule has 0 fully saturated rings. The minimum atomic E-state index is -3.80. The number of rotatable bonds is 11. The smallest absolute Gasteiger partial charge is 0.457 e. The molecule has 5 N–H and O–H groups in total. The molecule has 1 amide bonds. The number of alkyl halides is 2. The summed E-state index contributed by atoms with van der Waals surface area (Å²) in [6, 6.07) is 3.69. The number of carbonyl (C=O) groups excluding carboxylic acids is 3. The Bertz CT molecular complexity index is 1860. The number of unbranched alkanes of at least 4 members (excludes halogenated alkanes) is 1. The number of benzene rings is 1. The number of carbonyl (C=O) groups is 3. The number of amides is 1. The van der Waals surface area contributed by atoms with Crippen molar-refractivity contribution in [1.82, 2.24) is 14.9 Å². The van der Waals surface area contributed by atoms with E-state index in [-0.39, 0.29) is 55.2 Å². The first-order chi connectivity index (χ1) is 22.4. The first-order valence-electron chi connectivity index (χ1n) is 15.6. The average molecular weight is 656 g/mol. The molecule has 0 saturated carbocycles. The summed E-state index contributed by atoms with van der Waals surface area (Å²) in [6.07, 6.45) is -1.73. The van der Waals surface area contributed by atoms with Crippen LogP contribution in [0.3, 0.4) is 0 Å². The minimum Gasteiger partial charge on any atom is -0.457 e. The van der Waals surface area contributed by atoms with E-state index in [1.165, 1.54) is 16.7 Å². The lowest BCUT2D eigenvalue weighted by Gasteiger charge is -2.35. The van der Waals surface area contributed by atoms with E-state index in [1.54, 1.807) is 13.0 Å². The van der Waals surface area contributed by atoms with Crippen LogP contribution in [0.25, 0.3) is 22.3 Å². The maximum Gasteiger partial charge on any atom is 0.586 e. The van der Waals surface area contributed by atoms with Gasteiger partial charge in [-0.15, -0.1) is 8.78 Å². The SMILES string of the molecule is CCc1c2c(nc3cc4c(cc13)OC(F)(F)O4)-c1cc3c(c(=O)n1C2)COC(=O)C3(CC)OC(=O)CCNC(=O)C(N)CCCCN. The van der Waals surface area contributed by atoms with E-state index in [4.69, 9.17) is 25.9 Å². The van der Waals surface area contributed by atoms with Crippen LogP contribution >= 0.6 is 0 Å². The second-order valence-corrected chi connectivity index (χ2v) is 11.7. The van der Waals surface area contributed by atoms with Gasteiger partial charge in [0.15, 0.2) is 11.5 Å². The molecule has 0 aliphatic carbocycles. The molecule has 6 rings (SSSR count). The van der Waals surface area contributed by atoms with Crippen LogP contribution in [0.5, 0.6) is 11.5 Å². The number of halogens is 2. The number of hydrogen-bond donors (Lipinski definition) is 3. The van der Waals surface area contributed by atoms with Crippen LogP contribution in [0.2, 0.25) is 0 Å². The third kappa shape index (κ3) is 5.56. The van der Waals surface area contributed by atoms with E-state index >= 15 is 0 Å². The summed E-state index contributed by atoms with van der Waals surface area (Å²) in [5.74, 6) is -2.32. The number of fused-ring (bicyclic) bond motifs is 6. The van der Waals surface area contributed by atoms with Crippen molar-refractivity contribution in [3.8, 4) is 22.9 Å². The molecule has 0 radical (unpaired) electrons. The highest BCUT2D eigenvalue weighted by atomic mass is 19.3. The van der Waals surface area contributed by atoms with E-state index in [0.717, 1.165) is 12.0 Å². The highest BCUT2D eigenvalue weighted by Crippen LogP contribution is 2.46. The van der Waals surface area contributed by atoms with E-state index < -0.39 is 41.3 Å². The zero-order valence-electron chi connectivity index (χ0n) is 26.0. The standard InChI is InChI=1S/C32H35F2N5O8/c1-3-16-17-11-24-25(46-32(33,34)45-24)13-22(17)38-27-18(16)14-39-23(27)12-20-19(29(39)42)15-44-30(43)31(20,4-2)47-26(40)8-10-37-28(41)21(36)7-5-6-9-35/h11-13,21H,3-10,14-15,35-36H2,1-2H3,(H,37,41). The number of ether oxygens (including phenoxy) is 4. The first kappa shape index (κ1) is 32.3. The molecule has 0 saturated heterocycles. The molecule has 0 spiro atoms. The Morgan fingerprint density at radius 1 is 1.13 bits per heavy atom. The molecule has 15 heteroatoms. The Morgan fingerprint density at radius 2 is 1.87 bits per heavy atom. The summed E-state index contributed by atoms with van der Waals surface area (Å²) in [7, 11) is 0. The third-order valence-corrected chi connectivity index (χ3v) is 8.87. The van der Waals surface area contributed by atoms with Crippen LogP contribution in [0.15, 0.2) is 23.0 Å². The monoisotopic (exact) mass is 655 g/mol. The van der Waals surface area contributed by atoms with Crippen LogP contribution in [-0.4, -0.2) is 52.8 Å². The van der Waals surface area contributed by atoms with Crippen LogP contribution in [0.1, 0.15) is 68.2 Å². The summed E-state index contributed by atoms with van der Waals surface area (Å²) in [6.45, 7) is 3.78. The molecule has 2 aromatic heterocycles. The molecule has 5 heterocycles. The van der Waals surface area contributed by atoms with Gasteiger partial charge in [-0.05, 0) is 49.9 Å². The lowest BCUT2D eigenvalue weighted by Crippen LogP contribution is -2.48. The second-order valence-electron chi connectivity index (χ2n) is 11.7. The number of aromatic nitrogens is 2. The highest BCUT2D eigenvalue weighted by molar-refractivity contribution is 5.92. The fourth-order valence-corrected chi connectivity index (χ4v) is 6.47. The van der Waals surface area contributed by atoms with Crippen molar-refractivity contribution in [2.75, 3.05) is 13.1 Å². The maximum absolute atomic E-state index is 13.9. The normalized spacial score (nSPS) is 19.1. The first-order valence-corrected chi connectivity index (χ1v) is 15.6. The number of cyclic esters (lactones) is 1. The van der Waals surface area contributed by atoms with Crippen molar-refractivity contribution in [2.24, 2.45) is 11.5 Å². The van der Waals surface area contributed by atoms with E-state index in [9.17, 15) is 28.0 Å². The van der Waals surface area contributed by atoms with Crippen LogP contribution in [0.4, 0.5) is 8.78 Å². The number of esters is 2. The molecule has 3 aliphatic rings. The van der Waals surface area contributed by atoms with Gasteiger partial charge in [0.1, 0.15) is 6.61 Å². The van der Waals surface area contributed by atoms with E-state index in [1.807, 2.05) is 6.92 Å². The number of nitrogens with zero attached hydrogens (tertiary/aromatic N) is 2. The molecule has 0 bridgehead atoms. The van der Waals surface area contributed by atoms with E-state index in [0.29, 0.717) is 53.7 Å². The minimum absolute atomic E-state index is 0.0399. The van der Waals surface area contributed by atoms with Gasteiger partial charge in [-0.25, -0.2) is 9.78 Å². The number of hydrogen-bond acceptors (Lipinski definition) is 11. The fraction of sp³-hybridized carbons (Fsp3) is 0.469. The quantitative estimate of drug-likeness (QED) is 0.159. The lowest BCUT2D eigenvalue weighted by atomic mass is 9.85. The van der Waals surface area contributed by atoms with Gasteiger partial charge in [0, 0.05) is 29.1 Å². The summed E-state index contributed by atoms with van der Waals surface area (Å²) in [5.41, 5.74) is 12.0. The molecule has 13 nitrogen and oxygen atoms in total. The van der Waals surface area contributed by atoms with Crippen molar-refractivity contribution in [1.29, 1.82) is 0 Å². The molecule has 3 aromatic rings. The summed E-state index contributed by atoms with van der Waals surface area (Å²) < 4.78 is 49.6. The Kier molecular flexibility index (Phi) is 8.38. The van der Waals surface area contributed by atoms with Crippen LogP contribution < -0.4 is 31.8 Å². The van der Waals surface area contributed by atoms with Crippen LogP contribution in [0, 0.1) is 0 Å². The van der Waals surface area contributed by atoms with E-state index in [2.05, 4.69) is 14.8 Å². The topological polar surface area (TPSA) is 187 Å². The number of pyridine rings is 2. The number of aryl methyl sites for hydroxylation is 1. The fourth-order valence-electron chi connectivity index (χ4n) is 6.47. The van der Waals surface area contributed by atoms with Gasteiger partial charge >= 0.3 is 18.2 Å². The lowest BCUT2D eigenvalue weighted by molar-refractivity contribution is -0.286. The molecule has 2 unspecified atom stereocenters. The van der Waals surface area contributed by atoms with Gasteiger partial charge in [0.05, 0.1) is 41.5 Å². The van der Waals surface area contributed by atoms with Gasteiger partial charge in [-0.1, -0.05) is 20.3 Å². The van der Waals surface area contributed by atoms with Crippen molar-refractivity contribution in [3.63, 3.8) is 0 Å². The Hall–Kier alpha value is -4.63. The zero-order valence-corrected chi connectivity index (χ0v) is 26.0. The molecule has 250 valence electrons. The summed E-state index contributed by atoms with van der Waals surface area (Å²) in [4.78, 5) is 57.4. The molecule has 2 atom stereocenters. The average Bonchev–Trinajstić information content (AvgIpc) is 3.55. The van der Waals surface area contributed by atoms with Gasteiger partial charge in [0.25, 0.3) is 5.56 Å². The van der Waals surface area contributed by atoms with Crippen molar-refractivity contribution in [3.05, 3.63) is 50.8 Å². The predicted octanol–water partition coefficient (Wildman–Crippen LogP) is 2.48. The van der Waals surface area contributed by atoms with Crippen molar-refractivity contribution >= 4 is 28.7 Å². The molecule has 47 heavy (non-hydrogen) atoms. The summed E-state index contributed by atoms with van der Waals surface area (Å²) >= 11 is 0. The largest absolute Gasteiger partial charge is 0.586 e. The maximum atomic E-state index is 13.9. The molecule has 1 aromatic carbocycles. The Morgan fingerprint density at radius 3 is 2.57 bits per heavy atom. The Labute approximate surface area is 267 Å². The summed E-state index contributed by atoms with van der Waals surface area (Å²) in [5, 5.41) is 3.19. The highest BCUT2D eigenvalue weighted by Gasteiger charge is 2.50. The number of nitrogens with two attached hydrogens (primary N) is 2. The molecule has 3 aliphatic heterocycles. The Balaban J connectivity index is 1.32. The molecular formula is C32H35F2N5O8. The van der Waals surface area contributed by atoms with Gasteiger partial charge < -0.3 is 40.3 Å². The van der Waals surface area contributed by atoms with Gasteiger partial charge in [0.2, 0.25) is 11.5 Å². The van der Waals surface area contributed by atoms with Crippen molar-refractivity contribution < 1.29 is 42.1 Å². The molecular weight excluding hydrogens is 620 g/mol. The van der Waals surface area contributed by atoms with Gasteiger partial charge in [-0.3, -0.25) is 14.4 Å². The second kappa shape index (κ2) is 12.2. The van der Waals surface area contributed by atoms with Crippen molar-refractivity contribution in [2.45, 2.75) is 83.5 Å². The predicted molar refractivity (Wildman–Crippen MR) is 162 cm³/mol.